The van der Waals surface area contributed by atoms with E-state index in [0.717, 1.165) is 10.6 Å². The Morgan fingerprint density at radius 2 is 2.20 bits per heavy atom. The summed E-state index contributed by atoms with van der Waals surface area (Å²) in [5, 5.41) is 2.72. The molecule has 7 heteroatoms. The second-order valence-electron chi connectivity index (χ2n) is 4.43. The Morgan fingerprint density at radius 3 is 2.75 bits per heavy atom. The number of amides is 1. The number of rotatable bonds is 4. The highest BCUT2D eigenvalue weighted by Crippen LogP contribution is 2.11. The van der Waals surface area contributed by atoms with Crippen molar-refractivity contribution < 1.29 is 4.79 Å². The summed E-state index contributed by atoms with van der Waals surface area (Å²) in [6.45, 7) is 4.16. The van der Waals surface area contributed by atoms with Crippen molar-refractivity contribution in [1.29, 1.82) is 0 Å². The first-order valence-electron chi connectivity index (χ1n) is 6.15. The maximum Gasteiger partial charge on any atom is 0.307 e. The molecule has 20 heavy (non-hydrogen) atoms. The molecule has 0 saturated carbocycles. The fourth-order valence-corrected chi connectivity index (χ4v) is 2.62. The summed E-state index contributed by atoms with van der Waals surface area (Å²) in [6.07, 6.45) is 1.74. The topological polar surface area (TPSA) is 90.0 Å². The molecule has 2 aromatic heterocycles. The van der Waals surface area contributed by atoms with Gasteiger partial charge >= 0.3 is 4.87 Å². The van der Waals surface area contributed by atoms with E-state index in [1.54, 1.807) is 16.7 Å². The van der Waals surface area contributed by atoms with Gasteiger partial charge in [0.15, 0.2) is 0 Å². The van der Waals surface area contributed by atoms with Crippen LogP contribution in [0.2, 0.25) is 0 Å². The van der Waals surface area contributed by atoms with Crippen LogP contribution in [0.25, 0.3) is 0 Å². The molecule has 0 aliphatic rings. The minimum Gasteiger partial charge on any atom is -0.384 e. The first-order chi connectivity index (χ1) is 9.47. The predicted octanol–water partition coefficient (Wildman–Crippen LogP) is 1.53. The maximum atomic E-state index is 11.8. The number of pyridine rings is 1. The van der Waals surface area contributed by atoms with Gasteiger partial charge in [-0.3, -0.25) is 9.59 Å². The van der Waals surface area contributed by atoms with Gasteiger partial charge in [0, 0.05) is 23.5 Å². The van der Waals surface area contributed by atoms with E-state index in [4.69, 9.17) is 5.73 Å². The molecule has 0 spiro atoms. The van der Waals surface area contributed by atoms with Crippen LogP contribution in [0.1, 0.15) is 17.0 Å². The molecule has 1 amide bonds. The zero-order valence-corrected chi connectivity index (χ0v) is 12.2. The number of thiazole rings is 1. The van der Waals surface area contributed by atoms with Crippen LogP contribution >= 0.6 is 11.3 Å². The van der Waals surface area contributed by atoms with E-state index in [-0.39, 0.29) is 17.2 Å². The molecule has 2 heterocycles. The van der Waals surface area contributed by atoms with E-state index in [0.29, 0.717) is 18.1 Å². The molecule has 0 aliphatic carbocycles. The number of carbonyl (C=O) groups is 1. The van der Waals surface area contributed by atoms with E-state index in [2.05, 4.69) is 10.3 Å². The lowest BCUT2D eigenvalue weighted by atomic mass is 10.3. The largest absolute Gasteiger partial charge is 0.384 e. The molecule has 0 aromatic carbocycles. The van der Waals surface area contributed by atoms with Crippen molar-refractivity contribution in [2.45, 2.75) is 26.8 Å². The molecule has 106 valence electrons. The van der Waals surface area contributed by atoms with Gasteiger partial charge in [-0.2, -0.15) is 0 Å². The Morgan fingerprint density at radius 1 is 1.45 bits per heavy atom. The van der Waals surface area contributed by atoms with Gasteiger partial charge < -0.3 is 15.6 Å². The Hall–Kier alpha value is -2.15. The van der Waals surface area contributed by atoms with E-state index in [1.807, 2.05) is 13.8 Å². The van der Waals surface area contributed by atoms with Crippen LogP contribution in [-0.4, -0.2) is 15.5 Å². The third-order valence-electron chi connectivity index (χ3n) is 3.01. The Balaban J connectivity index is 1.95. The Kier molecular flexibility index (Phi) is 4.19. The summed E-state index contributed by atoms with van der Waals surface area (Å²) >= 11 is 1.20. The minimum atomic E-state index is -0.160. The van der Waals surface area contributed by atoms with Crippen LogP contribution in [0.5, 0.6) is 0 Å². The minimum absolute atomic E-state index is 0.0260. The molecule has 0 saturated heterocycles. The van der Waals surface area contributed by atoms with Crippen molar-refractivity contribution in [2.24, 2.45) is 0 Å². The van der Waals surface area contributed by atoms with Crippen molar-refractivity contribution in [1.82, 2.24) is 9.55 Å². The first-order valence-corrected chi connectivity index (χ1v) is 6.97. The van der Waals surface area contributed by atoms with Gasteiger partial charge in [0.2, 0.25) is 5.91 Å². The number of nitrogens with one attached hydrogen (secondary N) is 1. The molecule has 3 N–H and O–H groups in total. The average molecular weight is 292 g/mol. The highest BCUT2D eigenvalue weighted by atomic mass is 32.1. The molecule has 6 nitrogen and oxygen atoms in total. The molecule has 0 aliphatic heterocycles. The fourth-order valence-electron chi connectivity index (χ4n) is 1.76. The van der Waals surface area contributed by atoms with Crippen molar-refractivity contribution >= 4 is 28.7 Å². The molecule has 0 bridgehead atoms. The van der Waals surface area contributed by atoms with Gasteiger partial charge in [0.25, 0.3) is 0 Å². The lowest BCUT2D eigenvalue weighted by Gasteiger charge is -2.06. The van der Waals surface area contributed by atoms with Gasteiger partial charge in [-0.1, -0.05) is 11.3 Å². The van der Waals surface area contributed by atoms with E-state index in [1.165, 1.54) is 17.5 Å². The van der Waals surface area contributed by atoms with Gasteiger partial charge in [0.1, 0.15) is 5.82 Å². The molecule has 0 radical (unpaired) electrons. The summed E-state index contributed by atoms with van der Waals surface area (Å²) in [6, 6.07) is 3.30. The summed E-state index contributed by atoms with van der Waals surface area (Å²) in [5.74, 6) is 0.241. The molecule has 2 rings (SSSR count). The summed E-state index contributed by atoms with van der Waals surface area (Å²) < 4.78 is 1.63. The number of nitrogens with two attached hydrogens (primary N) is 1. The molecule has 0 atom stereocenters. The number of nitrogens with zero attached hydrogens (tertiary/aromatic N) is 2. The van der Waals surface area contributed by atoms with E-state index in [9.17, 15) is 9.59 Å². The highest BCUT2D eigenvalue weighted by molar-refractivity contribution is 7.09. The molecular formula is C13H16N4O2S. The average Bonchev–Trinajstić information content (AvgIpc) is 2.64. The molecule has 2 aromatic rings. The maximum absolute atomic E-state index is 11.8. The van der Waals surface area contributed by atoms with Crippen molar-refractivity contribution in [3.8, 4) is 0 Å². The quantitative estimate of drug-likeness (QED) is 0.894. The Labute approximate surface area is 120 Å². The summed E-state index contributed by atoms with van der Waals surface area (Å²) in [7, 11) is 0. The van der Waals surface area contributed by atoms with Crippen LogP contribution in [0.4, 0.5) is 11.5 Å². The van der Waals surface area contributed by atoms with Crippen LogP contribution < -0.4 is 15.9 Å². The summed E-state index contributed by atoms with van der Waals surface area (Å²) in [5.41, 5.74) is 6.98. The normalized spacial score (nSPS) is 10.5. The second-order valence-corrected chi connectivity index (χ2v) is 5.60. The Bertz CT molecular complexity index is 673. The van der Waals surface area contributed by atoms with Crippen LogP contribution in [0.3, 0.4) is 0 Å². The second kappa shape index (κ2) is 5.87. The monoisotopic (exact) mass is 292 g/mol. The van der Waals surface area contributed by atoms with Crippen molar-refractivity contribution in [3.05, 3.63) is 38.6 Å². The third kappa shape index (κ3) is 3.24. The lowest BCUT2D eigenvalue weighted by molar-refractivity contribution is -0.116. The zero-order valence-electron chi connectivity index (χ0n) is 11.3. The van der Waals surface area contributed by atoms with Gasteiger partial charge in [-0.15, -0.1) is 0 Å². The van der Waals surface area contributed by atoms with Crippen molar-refractivity contribution in [3.63, 3.8) is 0 Å². The smallest absolute Gasteiger partial charge is 0.307 e. The SMILES string of the molecule is Cc1sc(=O)n(CCC(=O)Nc2ccc(N)nc2)c1C. The van der Waals surface area contributed by atoms with E-state index < -0.39 is 0 Å². The van der Waals surface area contributed by atoms with Crippen molar-refractivity contribution in [2.75, 3.05) is 11.1 Å². The molecule has 0 fully saturated rings. The van der Waals surface area contributed by atoms with Crippen LogP contribution in [0, 0.1) is 13.8 Å². The van der Waals surface area contributed by atoms with Crippen LogP contribution in [0.15, 0.2) is 23.1 Å². The first kappa shape index (κ1) is 14.3. The predicted molar refractivity (Wildman–Crippen MR) is 79.9 cm³/mol. The third-order valence-corrected chi connectivity index (χ3v) is 4.00. The zero-order chi connectivity index (χ0) is 14.7. The number of hydrogen-bond acceptors (Lipinski definition) is 5. The number of anilines is 2. The van der Waals surface area contributed by atoms with Gasteiger partial charge in [0.05, 0.1) is 11.9 Å². The molecular weight excluding hydrogens is 276 g/mol. The van der Waals surface area contributed by atoms with Crippen LogP contribution in [-0.2, 0) is 11.3 Å². The molecule has 0 unspecified atom stereocenters. The number of aromatic nitrogens is 2. The standard InChI is InChI=1S/C13H16N4O2S/c1-8-9(2)20-13(19)17(8)6-5-12(18)16-10-3-4-11(14)15-7-10/h3-4,7H,5-6H2,1-2H3,(H2,14,15)(H,16,18). The number of aryl methyl sites for hydroxylation is 1. The number of nitrogen functional groups attached to an aromatic ring is 1. The van der Waals surface area contributed by atoms with Gasteiger partial charge in [-0.05, 0) is 26.0 Å². The van der Waals surface area contributed by atoms with E-state index >= 15 is 0 Å². The van der Waals surface area contributed by atoms with Gasteiger partial charge in [-0.25, -0.2) is 4.98 Å². The summed E-state index contributed by atoms with van der Waals surface area (Å²) in [4.78, 5) is 28.4. The number of carbonyl (C=O) groups excluding carboxylic acids is 1. The fraction of sp³-hybridized carbons (Fsp3) is 0.308. The lowest BCUT2D eigenvalue weighted by Crippen LogP contribution is -2.20. The highest BCUT2D eigenvalue weighted by Gasteiger charge is 2.09. The number of hydrogen-bond donors (Lipinski definition) is 2.